The summed E-state index contributed by atoms with van der Waals surface area (Å²) in [5.74, 6) is 0.990. The van der Waals surface area contributed by atoms with Gasteiger partial charge in [0.1, 0.15) is 0 Å². The molecule has 0 unspecified atom stereocenters. The Morgan fingerprint density at radius 3 is 2.37 bits per heavy atom. The molecule has 7 heteroatoms. The number of hydrogen-bond donors (Lipinski definition) is 1. The zero-order chi connectivity index (χ0) is 20.8. The van der Waals surface area contributed by atoms with Gasteiger partial charge in [0.15, 0.2) is 5.82 Å². The van der Waals surface area contributed by atoms with Crippen LogP contribution in [0.25, 0.3) is 11.5 Å². The minimum Gasteiger partial charge on any atom is -0.351 e. The number of hydrogen-bond acceptors (Lipinski definition) is 6. The first kappa shape index (κ1) is 20.3. The van der Waals surface area contributed by atoms with Crippen LogP contribution in [0, 0.1) is 6.92 Å². The van der Waals surface area contributed by atoms with E-state index < -0.39 is 0 Å². The summed E-state index contributed by atoms with van der Waals surface area (Å²) in [5, 5.41) is 6.80. The van der Waals surface area contributed by atoms with E-state index in [9.17, 15) is 4.79 Å². The van der Waals surface area contributed by atoms with E-state index in [1.807, 2.05) is 12.1 Å². The molecule has 0 aliphatic carbocycles. The molecule has 0 spiro atoms. The summed E-state index contributed by atoms with van der Waals surface area (Å²) >= 11 is 0. The average molecular weight is 406 g/mol. The largest absolute Gasteiger partial charge is 0.351 e. The van der Waals surface area contributed by atoms with Crippen LogP contribution < -0.4 is 5.32 Å². The van der Waals surface area contributed by atoms with Gasteiger partial charge in [-0.2, -0.15) is 4.98 Å². The molecule has 2 aromatic carbocycles. The van der Waals surface area contributed by atoms with Gasteiger partial charge in [-0.05, 0) is 36.8 Å². The molecule has 1 saturated heterocycles. The number of piperazine rings is 1. The van der Waals surface area contributed by atoms with E-state index >= 15 is 0 Å². The molecular weight excluding hydrogens is 378 g/mol. The molecule has 1 N–H and O–H groups in total. The Morgan fingerprint density at radius 2 is 1.70 bits per heavy atom. The van der Waals surface area contributed by atoms with Crippen molar-refractivity contribution in [2.45, 2.75) is 13.5 Å². The maximum atomic E-state index is 12.4. The van der Waals surface area contributed by atoms with E-state index in [4.69, 9.17) is 4.52 Å². The van der Waals surface area contributed by atoms with E-state index in [1.165, 1.54) is 5.56 Å². The molecule has 156 valence electrons. The van der Waals surface area contributed by atoms with Crippen LogP contribution in [-0.2, 0) is 6.54 Å². The Bertz CT molecular complexity index is 947. The van der Waals surface area contributed by atoms with Crippen molar-refractivity contribution < 1.29 is 9.32 Å². The van der Waals surface area contributed by atoms with Crippen molar-refractivity contribution in [1.29, 1.82) is 0 Å². The van der Waals surface area contributed by atoms with Crippen molar-refractivity contribution in [3.63, 3.8) is 0 Å². The van der Waals surface area contributed by atoms with Crippen LogP contribution in [0.2, 0.25) is 0 Å². The first-order valence-electron chi connectivity index (χ1n) is 10.3. The first-order chi connectivity index (χ1) is 14.7. The Hall–Kier alpha value is -3.03. The number of nitrogens with one attached hydrogen (secondary N) is 1. The molecule has 0 radical (unpaired) electrons. The van der Waals surface area contributed by atoms with Crippen molar-refractivity contribution >= 4 is 5.91 Å². The van der Waals surface area contributed by atoms with Gasteiger partial charge in [-0.15, -0.1) is 0 Å². The van der Waals surface area contributed by atoms with E-state index in [0.717, 1.165) is 44.8 Å². The molecule has 0 saturated carbocycles. The number of aromatic nitrogens is 2. The summed E-state index contributed by atoms with van der Waals surface area (Å²) in [6, 6.07) is 17.8. The number of carbonyl (C=O) groups excluding carboxylic acids is 1. The Balaban J connectivity index is 1.18. The lowest BCUT2D eigenvalue weighted by atomic mass is 10.1. The lowest BCUT2D eigenvalue weighted by Gasteiger charge is -2.34. The SMILES string of the molecule is Cc1noc(-c2ccc(C(=O)NCCN3CCN(Cc4ccccc4)CC3)cc2)n1. The predicted octanol–water partition coefficient (Wildman–Crippen LogP) is 2.59. The van der Waals surface area contributed by atoms with Gasteiger partial charge >= 0.3 is 0 Å². The van der Waals surface area contributed by atoms with Crippen molar-refractivity contribution in [3.8, 4) is 11.5 Å². The number of nitrogens with zero attached hydrogens (tertiary/aromatic N) is 4. The second-order valence-corrected chi connectivity index (χ2v) is 7.58. The Morgan fingerprint density at radius 1 is 1.00 bits per heavy atom. The fourth-order valence-electron chi connectivity index (χ4n) is 3.62. The van der Waals surface area contributed by atoms with Crippen molar-refractivity contribution in [2.75, 3.05) is 39.3 Å². The van der Waals surface area contributed by atoms with Gasteiger partial charge in [0.2, 0.25) is 0 Å². The van der Waals surface area contributed by atoms with Crippen LogP contribution >= 0.6 is 0 Å². The minimum atomic E-state index is -0.0639. The van der Waals surface area contributed by atoms with Gasteiger partial charge < -0.3 is 9.84 Å². The van der Waals surface area contributed by atoms with Gasteiger partial charge in [0, 0.05) is 56.9 Å². The Kier molecular flexibility index (Phi) is 6.51. The van der Waals surface area contributed by atoms with Gasteiger partial charge in [0.25, 0.3) is 11.8 Å². The summed E-state index contributed by atoms with van der Waals surface area (Å²) in [4.78, 5) is 21.5. The summed E-state index contributed by atoms with van der Waals surface area (Å²) in [7, 11) is 0. The maximum Gasteiger partial charge on any atom is 0.257 e. The molecule has 1 amide bonds. The standard InChI is InChI=1S/C23H27N5O2/c1-18-25-23(30-26-18)21-9-7-20(8-10-21)22(29)24-11-12-27-13-15-28(16-14-27)17-19-5-3-2-4-6-19/h2-10H,11-17H2,1H3,(H,24,29). The highest BCUT2D eigenvalue weighted by atomic mass is 16.5. The quantitative estimate of drug-likeness (QED) is 0.651. The van der Waals surface area contributed by atoms with Crippen LogP contribution in [0.1, 0.15) is 21.7 Å². The van der Waals surface area contributed by atoms with E-state index in [-0.39, 0.29) is 5.91 Å². The maximum absolute atomic E-state index is 12.4. The number of benzene rings is 2. The highest BCUT2D eigenvalue weighted by molar-refractivity contribution is 5.94. The molecule has 2 heterocycles. The molecule has 1 aliphatic heterocycles. The second kappa shape index (κ2) is 9.65. The third kappa shape index (κ3) is 5.31. The third-order valence-corrected chi connectivity index (χ3v) is 5.35. The molecule has 4 rings (SSSR count). The molecule has 1 aromatic heterocycles. The fourth-order valence-corrected chi connectivity index (χ4v) is 3.62. The van der Waals surface area contributed by atoms with Crippen LogP contribution in [0.5, 0.6) is 0 Å². The predicted molar refractivity (Wildman–Crippen MR) is 115 cm³/mol. The smallest absolute Gasteiger partial charge is 0.257 e. The monoisotopic (exact) mass is 405 g/mol. The lowest BCUT2D eigenvalue weighted by molar-refractivity contribution is 0.0934. The van der Waals surface area contributed by atoms with Crippen molar-refractivity contribution in [2.24, 2.45) is 0 Å². The Labute approximate surface area is 176 Å². The van der Waals surface area contributed by atoms with Gasteiger partial charge in [0.05, 0.1) is 0 Å². The molecule has 1 fully saturated rings. The molecule has 0 atom stereocenters. The topological polar surface area (TPSA) is 74.5 Å². The number of rotatable bonds is 7. The van der Waals surface area contributed by atoms with E-state index in [2.05, 4.69) is 55.6 Å². The van der Waals surface area contributed by atoms with Gasteiger partial charge in [-0.3, -0.25) is 14.6 Å². The average Bonchev–Trinajstić information content (AvgIpc) is 3.22. The highest BCUT2D eigenvalue weighted by Crippen LogP contribution is 2.17. The third-order valence-electron chi connectivity index (χ3n) is 5.35. The van der Waals surface area contributed by atoms with E-state index in [1.54, 1.807) is 19.1 Å². The van der Waals surface area contributed by atoms with Crippen molar-refractivity contribution in [3.05, 3.63) is 71.5 Å². The molecule has 3 aromatic rings. The summed E-state index contributed by atoms with van der Waals surface area (Å²) in [6.07, 6.45) is 0. The molecule has 1 aliphatic rings. The molecule has 0 bridgehead atoms. The van der Waals surface area contributed by atoms with Gasteiger partial charge in [-0.25, -0.2) is 0 Å². The molecular formula is C23H27N5O2. The summed E-state index contributed by atoms with van der Waals surface area (Å²) in [6.45, 7) is 8.45. The van der Waals surface area contributed by atoms with E-state index in [0.29, 0.717) is 23.8 Å². The number of carbonyl (C=O) groups is 1. The summed E-state index contributed by atoms with van der Waals surface area (Å²) in [5.41, 5.74) is 2.79. The van der Waals surface area contributed by atoms with Gasteiger partial charge in [-0.1, -0.05) is 35.5 Å². The summed E-state index contributed by atoms with van der Waals surface area (Å²) < 4.78 is 5.15. The van der Waals surface area contributed by atoms with Crippen LogP contribution in [0.3, 0.4) is 0 Å². The van der Waals surface area contributed by atoms with Crippen LogP contribution in [0.15, 0.2) is 59.1 Å². The number of aryl methyl sites for hydroxylation is 1. The van der Waals surface area contributed by atoms with Crippen LogP contribution in [-0.4, -0.2) is 65.1 Å². The first-order valence-corrected chi connectivity index (χ1v) is 10.3. The number of amides is 1. The second-order valence-electron chi connectivity index (χ2n) is 7.58. The zero-order valence-electron chi connectivity index (χ0n) is 17.3. The van der Waals surface area contributed by atoms with Crippen molar-refractivity contribution in [1.82, 2.24) is 25.3 Å². The molecule has 30 heavy (non-hydrogen) atoms. The minimum absolute atomic E-state index is 0.0639. The van der Waals surface area contributed by atoms with Crippen LogP contribution in [0.4, 0.5) is 0 Å². The lowest BCUT2D eigenvalue weighted by Crippen LogP contribution is -2.48. The molecule has 7 nitrogen and oxygen atoms in total. The fraction of sp³-hybridized carbons (Fsp3) is 0.348. The zero-order valence-corrected chi connectivity index (χ0v) is 17.3. The highest BCUT2D eigenvalue weighted by Gasteiger charge is 2.17. The normalized spacial score (nSPS) is 15.2.